The van der Waals surface area contributed by atoms with Crippen LogP contribution in [0.3, 0.4) is 0 Å². The highest BCUT2D eigenvalue weighted by Gasteiger charge is 2.23. The summed E-state index contributed by atoms with van der Waals surface area (Å²) >= 11 is 0. The van der Waals surface area contributed by atoms with Gasteiger partial charge in [0.1, 0.15) is 5.75 Å². The molecule has 160 valence electrons. The smallest absolute Gasteiger partial charge is 0.238 e. The van der Waals surface area contributed by atoms with Gasteiger partial charge in [-0.15, -0.1) is 0 Å². The summed E-state index contributed by atoms with van der Waals surface area (Å²) < 4.78 is 5.12. The molecule has 0 spiro atoms. The number of para-hydroxylation sites is 1. The Kier molecular flexibility index (Phi) is 7.68. The van der Waals surface area contributed by atoms with Crippen LogP contribution in [0.15, 0.2) is 54.6 Å². The number of amides is 2. The number of methoxy groups -OCH3 is 1. The second kappa shape index (κ2) is 10.6. The van der Waals surface area contributed by atoms with Crippen molar-refractivity contribution in [3.63, 3.8) is 0 Å². The van der Waals surface area contributed by atoms with Crippen LogP contribution in [0.4, 0.5) is 11.4 Å². The molecule has 1 N–H and O–H groups in total. The second-order valence-corrected chi connectivity index (χ2v) is 7.28. The lowest BCUT2D eigenvalue weighted by Gasteiger charge is -2.37. The van der Waals surface area contributed by atoms with Gasteiger partial charge in [0.05, 0.1) is 20.2 Å². The number of rotatable bonds is 8. The predicted molar refractivity (Wildman–Crippen MR) is 119 cm³/mol. The topological polar surface area (TPSA) is 65.1 Å². The van der Waals surface area contributed by atoms with E-state index in [0.29, 0.717) is 25.3 Å². The molecule has 3 rings (SSSR count). The summed E-state index contributed by atoms with van der Waals surface area (Å²) in [5.74, 6) is 0.673. The van der Waals surface area contributed by atoms with Crippen LogP contribution in [0.25, 0.3) is 0 Å². The third-order valence-electron chi connectivity index (χ3n) is 5.30. The lowest BCUT2D eigenvalue weighted by atomic mass is 10.2. The highest BCUT2D eigenvalue weighted by molar-refractivity contribution is 5.92. The fourth-order valence-electron chi connectivity index (χ4n) is 3.50. The number of hydrogen-bond donors (Lipinski definition) is 1. The number of hydrogen-bond acceptors (Lipinski definition) is 5. The molecule has 1 aliphatic rings. The number of carbonyl (C=O) groups excluding carboxylic acids is 2. The van der Waals surface area contributed by atoms with Crippen molar-refractivity contribution in [3.8, 4) is 5.75 Å². The molecule has 0 bridgehead atoms. The number of piperazine rings is 1. The number of nitrogens with zero attached hydrogens (tertiary/aromatic N) is 3. The molecule has 2 aromatic carbocycles. The van der Waals surface area contributed by atoms with Gasteiger partial charge in [-0.3, -0.25) is 14.5 Å². The molecule has 1 saturated heterocycles. The van der Waals surface area contributed by atoms with Crippen LogP contribution in [-0.4, -0.2) is 74.5 Å². The summed E-state index contributed by atoms with van der Waals surface area (Å²) in [7, 11) is 1.60. The van der Waals surface area contributed by atoms with Crippen molar-refractivity contribution in [1.82, 2.24) is 9.80 Å². The Hall–Kier alpha value is -3.06. The minimum atomic E-state index is -0.135. The van der Waals surface area contributed by atoms with Crippen molar-refractivity contribution in [2.24, 2.45) is 0 Å². The predicted octanol–water partition coefficient (Wildman–Crippen LogP) is 2.30. The molecule has 1 heterocycles. The maximum atomic E-state index is 12.7. The second-order valence-electron chi connectivity index (χ2n) is 7.28. The largest absolute Gasteiger partial charge is 0.497 e. The van der Waals surface area contributed by atoms with Crippen LogP contribution in [0.2, 0.25) is 0 Å². The number of likely N-dealkylation sites (N-methyl/N-ethyl adjacent to an activating group) is 1. The molecule has 0 unspecified atom stereocenters. The highest BCUT2D eigenvalue weighted by atomic mass is 16.5. The van der Waals surface area contributed by atoms with Gasteiger partial charge in [-0.25, -0.2) is 0 Å². The molecule has 0 atom stereocenters. The summed E-state index contributed by atoms with van der Waals surface area (Å²) in [6, 6.07) is 17.4. The summed E-state index contributed by atoms with van der Waals surface area (Å²) in [5, 5.41) is 2.87. The number of anilines is 2. The maximum absolute atomic E-state index is 12.7. The quantitative estimate of drug-likeness (QED) is 0.724. The van der Waals surface area contributed by atoms with E-state index in [0.717, 1.165) is 18.8 Å². The summed E-state index contributed by atoms with van der Waals surface area (Å²) in [5.41, 5.74) is 1.90. The van der Waals surface area contributed by atoms with E-state index in [4.69, 9.17) is 4.74 Å². The fraction of sp³-hybridized carbons (Fsp3) is 0.391. The van der Waals surface area contributed by atoms with Gasteiger partial charge >= 0.3 is 0 Å². The van der Waals surface area contributed by atoms with Gasteiger partial charge < -0.3 is 19.9 Å². The number of nitrogens with one attached hydrogen (secondary N) is 1. The first-order valence-corrected chi connectivity index (χ1v) is 10.3. The van der Waals surface area contributed by atoms with Crippen LogP contribution >= 0.6 is 0 Å². The van der Waals surface area contributed by atoms with Crippen LogP contribution < -0.4 is 15.0 Å². The summed E-state index contributed by atoms with van der Waals surface area (Å²) in [6.07, 6.45) is 0. The Morgan fingerprint density at radius 1 is 0.967 bits per heavy atom. The Morgan fingerprint density at radius 2 is 1.63 bits per heavy atom. The molecular formula is C23H30N4O3. The number of ether oxygens (including phenoxy) is 1. The van der Waals surface area contributed by atoms with Gasteiger partial charge in [-0.2, -0.15) is 0 Å². The zero-order valence-electron chi connectivity index (χ0n) is 17.7. The SMILES string of the molecule is CCN(CC(=O)Nc1ccc(OC)cc1)CC(=O)N1CCN(c2ccccc2)CC1. The minimum absolute atomic E-state index is 0.0711. The van der Waals surface area contributed by atoms with Crippen molar-refractivity contribution in [2.45, 2.75) is 6.92 Å². The lowest BCUT2D eigenvalue weighted by Crippen LogP contribution is -2.51. The fourth-order valence-corrected chi connectivity index (χ4v) is 3.50. The van der Waals surface area contributed by atoms with E-state index in [1.165, 1.54) is 5.69 Å². The van der Waals surface area contributed by atoms with Gasteiger partial charge in [0.25, 0.3) is 0 Å². The normalized spacial score (nSPS) is 14.0. The van der Waals surface area contributed by atoms with Gasteiger partial charge in [0.2, 0.25) is 11.8 Å². The summed E-state index contributed by atoms with van der Waals surface area (Å²) in [6.45, 7) is 6.05. The van der Waals surface area contributed by atoms with E-state index in [-0.39, 0.29) is 24.9 Å². The third kappa shape index (κ3) is 5.97. The molecule has 30 heavy (non-hydrogen) atoms. The zero-order chi connectivity index (χ0) is 21.3. The summed E-state index contributed by atoms with van der Waals surface area (Å²) in [4.78, 5) is 31.2. The van der Waals surface area contributed by atoms with Crippen molar-refractivity contribution in [1.29, 1.82) is 0 Å². The van der Waals surface area contributed by atoms with E-state index >= 15 is 0 Å². The third-order valence-corrected chi connectivity index (χ3v) is 5.30. The van der Waals surface area contributed by atoms with Crippen molar-refractivity contribution in [3.05, 3.63) is 54.6 Å². The van der Waals surface area contributed by atoms with Gasteiger partial charge in [-0.05, 0) is 42.9 Å². The van der Waals surface area contributed by atoms with Gasteiger partial charge in [-0.1, -0.05) is 25.1 Å². The van der Waals surface area contributed by atoms with E-state index in [1.54, 1.807) is 31.4 Å². The Bertz CT molecular complexity index is 818. The van der Waals surface area contributed by atoms with Gasteiger partial charge in [0.15, 0.2) is 0 Å². The first-order chi connectivity index (χ1) is 14.6. The molecule has 7 nitrogen and oxygen atoms in total. The van der Waals surface area contributed by atoms with Crippen LogP contribution in [0, 0.1) is 0 Å². The van der Waals surface area contributed by atoms with Crippen molar-refractivity contribution < 1.29 is 14.3 Å². The molecule has 0 saturated carbocycles. The maximum Gasteiger partial charge on any atom is 0.238 e. The first-order valence-electron chi connectivity index (χ1n) is 10.3. The zero-order valence-corrected chi connectivity index (χ0v) is 17.7. The van der Waals surface area contributed by atoms with Crippen molar-refractivity contribution >= 4 is 23.2 Å². The lowest BCUT2D eigenvalue weighted by molar-refractivity contribution is -0.133. The molecular weight excluding hydrogens is 380 g/mol. The average molecular weight is 411 g/mol. The average Bonchev–Trinajstić information content (AvgIpc) is 2.79. The Morgan fingerprint density at radius 3 is 2.23 bits per heavy atom. The monoisotopic (exact) mass is 410 g/mol. The van der Waals surface area contributed by atoms with Crippen LogP contribution in [-0.2, 0) is 9.59 Å². The molecule has 0 aliphatic carbocycles. The van der Waals surface area contributed by atoms with Crippen LogP contribution in [0.1, 0.15) is 6.92 Å². The first kappa shape index (κ1) is 21.6. The molecule has 1 fully saturated rings. The molecule has 0 radical (unpaired) electrons. The van der Waals surface area contributed by atoms with Crippen LogP contribution in [0.5, 0.6) is 5.75 Å². The molecule has 2 amide bonds. The standard InChI is InChI=1S/C23H30N4O3/c1-3-25(17-22(28)24-19-9-11-21(30-2)12-10-19)18-23(29)27-15-13-26(14-16-27)20-7-5-4-6-8-20/h4-12H,3,13-18H2,1-2H3,(H,24,28). The highest BCUT2D eigenvalue weighted by Crippen LogP contribution is 2.16. The molecule has 7 heteroatoms. The Balaban J connectivity index is 1.45. The Labute approximate surface area is 178 Å². The molecule has 2 aromatic rings. The van der Waals surface area contributed by atoms with E-state index in [2.05, 4.69) is 22.3 Å². The molecule has 0 aromatic heterocycles. The van der Waals surface area contributed by atoms with Gasteiger partial charge in [0, 0.05) is 37.6 Å². The van der Waals surface area contributed by atoms with Crippen molar-refractivity contribution in [2.75, 3.05) is 63.1 Å². The number of carbonyl (C=O) groups is 2. The van der Waals surface area contributed by atoms with E-state index in [9.17, 15) is 9.59 Å². The van der Waals surface area contributed by atoms with E-state index in [1.807, 2.05) is 34.9 Å². The van der Waals surface area contributed by atoms with E-state index < -0.39 is 0 Å². The number of benzene rings is 2. The molecule has 1 aliphatic heterocycles. The minimum Gasteiger partial charge on any atom is -0.497 e.